The van der Waals surface area contributed by atoms with Crippen molar-refractivity contribution in [2.24, 2.45) is 5.73 Å². The van der Waals surface area contributed by atoms with Crippen LogP contribution in [0.15, 0.2) is 29.1 Å². The van der Waals surface area contributed by atoms with Crippen LogP contribution < -0.4 is 10.5 Å². The largest absolute Gasteiger partial charge is 0.485 e. The van der Waals surface area contributed by atoms with Crippen LogP contribution in [-0.4, -0.2) is 10.1 Å². The van der Waals surface area contributed by atoms with Crippen LogP contribution in [-0.2, 0) is 6.61 Å². The highest BCUT2D eigenvalue weighted by molar-refractivity contribution is 5.30. The SMILES string of the molecule is C[C@H](N)c1ccc(OCc2ncon2)cc1F. The van der Waals surface area contributed by atoms with Crippen molar-refractivity contribution in [3.63, 3.8) is 0 Å². The average molecular weight is 237 g/mol. The summed E-state index contributed by atoms with van der Waals surface area (Å²) < 4.78 is 23.4. The molecule has 0 bridgehead atoms. The molecule has 0 aliphatic rings. The maximum atomic E-state index is 13.6. The molecule has 1 heterocycles. The van der Waals surface area contributed by atoms with Crippen LogP contribution in [0.3, 0.4) is 0 Å². The van der Waals surface area contributed by atoms with Gasteiger partial charge < -0.3 is 15.0 Å². The summed E-state index contributed by atoms with van der Waals surface area (Å²) in [4.78, 5) is 3.78. The van der Waals surface area contributed by atoms with Crippen LogP contribution in [0.2, 0.25) is 0 Å². The van der Waals surface area contributed by atoms with Gasteiger partial charge in [-0.25, -0.2) is 4.39 Å². The molecule has 0 spiro atoms. The van der Waals surface area contributed by atoms with Gasteiger partial charge in [0.05, 0.1) is 0 Å². The molecule has 0 saturated heterocycles. The first-order chi connectivity index (χ1) is 8.16. The minimum absolute atomic E-state index is 0.132. The van der Waals surface area contributed by atoms with Gasteiger partial charge in [-0.15, -0.1) is 0 Å². The van der Waals surface area contributed by atoms with Crippen LogP contribution >= 0.6 is 0 Å². The Balaban J connectivity index is 2.05. The third-order valence-electron chi connectivity index (χ3n) is 2.24. The number of hydrogen-bond acceptors (Lipinski definition) is 5. The Morgan fingerprint density at radius 2 is 2.35 bits per heavy atom. The Morgan fingerprint density at radius 1 is 1.53 bits per heavy atom. The normalized spacial score (nSPS) is 12.4. The molecule has 1 atom stereocenters. The standard InChI is InChI=1S/C11H12FN3O2/c1-7(13)9-3-2-8(4-10(9)12)16-5-11-14-6-17-15-11/h2-4,6-7H,5,13H2,1H3/t7-/m0/s1. The van der Waals surface area contributed by atoms with Crippen molar-refractivity contribution in [3.8, 4) is 5.75 Å². The lowest BCUT2D eigenvalue weighted by atomic mass is 10.1. The van der Waals surface area contributed by atoms with Crippen molar-refractivity contribution >= 4 is 0 Å². The lowest BCUT2D eigenvalue weighted by Gasteiger charge is -2.09. The molecule has 0 aliphatic carbocycles. The number of nitrogens with zero attached hydrogens (tertiary/aromatic N) is 2. The van der Waals surface area contributed by atoms with E-state index in [0.717, 1.165) is 0 Å². The van der Waals surface area contributed by atoms with Gasteiger partial charge in [0.2, 0.25) is 12.2 Å². The van der Waals surface area contributed by atoms with Crippen molar-refractivity contribution in [2.45, 2.75) is 19.6 Å². The molecule has 5 nitrogen and oxygen atoms in total. The van der Waals surface area contributed by atoms with Gasteiger partial charge in [-0.3, -0.25) is 0 Å². The first-order valence-electron chi connectivity index (χ1n) is 5.10. The van der Waals surface area contributed by atoms with Crippen molar-refractivity contribution in [1.29, 1.82) is 0 Å². The fourth-order valence-corrected chi connectivity index (χ4v) is 1.37. The summed E-state index contributed by atoms with van der Waals surface area (Å²) in [6.45, 7) is 1.85. The maximum Gasteiger partial charge on any atom is 0.213 e. The Hall–Kier alpha value is -1.95. The van der Waals surface area contributed by atoms with Crippen LogP contribution in [0.4, 0.5) is 4.39 Å². The molecule has 2 rings (SSSR count). The van der Waals surface area contributed by atoms with Gasteiger partial charge in [0, 0.05) is 17.7 Å². The van der Waals surface area contributed by atoms with E-state index in [4.69, 9.17) is 10.5 Å². The van der Waals surface area contributed by atoms with E-state index in [0.29, 0.717) is 17.1 Å². The number of ether oxygens (including phenoxy) is 1. The Kier molecular flexibility index (Phi) is 3.34. The molecule has 0 aliphatic heterocycles. The fraction of sp³-hybridized carbons (Fsp3) is 0.273. The molecule has 1 aromatic carbocycles. The zero-order chi connectivity index (χ0) is 12.3. The summed E-state index contributed by atoms with van der Waals surface area (Å²) in [5.41, 5.74) is 6.06. The van der Waals surface area contributed by atoms with Gasteiger partial charge in [0.25, 0.3) is 0 Å². The molecule has 0 fully saturated rings. The highest BCUT2D eigenvalue weighted by atomic mass is 19.1. The Bertz CT molecular complexity index is 485. The first kappa shape index (κ1) is 11.5. The lowest BCUT2D eigenvalue weighted by Crippen LogP contribution is -2.07. The predicted molar refractivity (Wildman–Crippen MR) is 57.6 cm³/mol. The third kappa shape index (κ3) is 2.79. The topological polar surface area (TPSA) is 74.2 Å². The molecular formula is C11H12FN3O2. The summed E-state index contributed by atoms with van der Waals surface area (Å²) in [6, 6.07) is 4.20. The molecule has 90 valence electrons. The van der Waals surface area contributed by atoms with Gasteiger partial charge >= 0.3 is 0 Å². The van der Waals surface area contributed by atoms with Gasteiger partial charge in [-0.05, 0) is 13.0 Å². The molecule has 0 radical (unpaired) electrons. The van der Waals surface area contributed by atoms with Gasteiger partial charge in [0.1, 0.15) is 11.6 Å². The number of rotatable bonds is 4. The number of aromatic nitrogens is 2. The van der Waals surface area contributed by atoms with Gasteiger partial charge in [-0.2, -0.15) is 4.98 Å². The summed E-state index contributed by atoms with van der Waals surface area (Å²) >= 11 is 0. The van der Waals surface area contributed by atoms with E-state index < -0.39 is 0 Å². The maximum absolute atomic E-state index is 13.6. The monoisotopic (exact) mass is 237 g/mol. The van der Waals surface area contributed by atoms with Crippen LogP contribution in [0.5, 0.6) is 5.75 Å². The van der Waals surface area contributed by atoms with Gasteiger partial charge in [-0.1, -0.05) is 11.2 Å². The fourth-order valence-electron chi connectivity index (χ4n) is 1.37. The number of hydrogen-bond donors (Lipinski definition) is 1. The van der Waals surface area contributed by atoms with Crippen molar-refractivity contribution in [2.75, 3.05) is 0 Å². The molecular weight excluding hydrogens is 225 g/mol. The second-order valence-corrected chi connectivity index (χ2v) is 3.61. The highest BCUT2D eigenvalue weighted by Crippen LogP contribution is 2.21. The molecule has 17 heavy (non-hydrogen) atoms. The van der Waals surface area contributed by atoms with Crippen molar-refractivity contribution in [3.05, 3.63) is 41.8 Å². The van der Waals surface area contributed by atoms with Crippen LogP contribution in [0.1, 0.15) is 24.4 Å². The molecule has 6 heteroatoms. The van der Waals surface area contributed by atoms with E-state index in [-0.39, 0.29) is 18.5 Å². The minimum Gasteiger partial charge on any atom is -0.485 e. The first-order valence-corrected chi connectivity index (χ1v) is 5.10. The average Bonchev–Trinajstić information content (AvgIpc) is 2.78. The molecule has 0 saturated carbocycles. The number of halogens is 1. The smallest absolute Gasteiger partial charge is 0.213 e. The zero-order valence-corrected chi connectivity index (χ0v) is 9.26. The molecule has 2 N–H and O–H groups in total. The third-order valence-corrected chi connectivity index (χ3v) is 2.24. The van der Waals surface area contributed by atoms with Crippen LogP contribution in [0, 0.1) is 5.82 Å². The molecule has 1 aromatic heterocycles. The Labute approximate surface area is 97.4 Å². The van der Waals surface area contributed by atoms with Gasteiger partial charge in [0.15, 0.2) is 6.61 Å². The minimum atomic E-state index is -0.384. The second-order valence-electron chi connectivity index (χ2n) is 3.61. The quantitative estimate of drug-likeness (QED) is 0.877. The summed E-state index contributed by atoms with van der Waals surface area (Å²) in [5, 5.41) is 3.57. The van der Waals surface area contributed by atoms with Crippen molar-refractivity contribution in [1.82, 2.24) is 10.1 Å². The molecule has 0 amide bonds. The second kappa shape index (κ2) is 4.92. The van der Waals surface area contributed by atoms with E-state index in [1.165, 1.54) is 12.5 Å². The predicted octanol–water partition coefficient (Wildman–Crippen LogP) is 1.81. The highest BCUT2D eigenvalue weighted by Gasteiger charge is 2.08. The molecule has 2 aromatic rings. The van der Waals surface area contributed by atoms with E-state index in [2.05, 4.69) is 14.7 Å². The summed E-state index contributed by atoms with van der Waals surface area (Å²) in [5.74, 6) is 0.420. The van der Waals surface area contributed by atoms with E-state index in [1.807, 2.05) is 0 Å². The van der Waals surface area contributed by atoms with E-state index in [9.17, 15) is 4.39 Å². The zero-order valence-electron chi connectivity index (χ0n) is 9.26. The lowest BCUT2D eigenvalue weighted by molar-refractivity contribution is 0.285. The summed E-state index contributed by atoms with van der Waals surface area (Å²) in [7, 11) is 0. The Morgan fingerprint density at radius 3 is 2.94 bits per heavy atom. The van der Waals surface area contributed by atoms with Crippen LogP contribution in [0.25, 0.3) is 0 Å². The van der Waals surface area contributed by atoms with Crippen molar-refractivity contribution < 1.29 is 13.7 Å². The number of nitrogens with two attached hydrogens (primary N) is 1. The summed E-state index contributed by atoms with van der Waals surface area (Å²) in [6.07, 6.45) is 1.21. The number of benzene rings is 1. The van der Waals surface area contributed by atoms with E-state index in [1.54, 1.807) is 19.1 Å². The van der Waals surface area contributed by atoms with E-state index >= 15 is 0 Å². The molecule has 0 unspecified atom stereocenters.